The average Bonchev–Trinajstić information content (AvgIpc) is 3.26. The molecule has 0 bridgehead atoms. The maximum absolute atomic E-state index is 12.9. The monoisotopic (exact) mass is 490 g/mol. The highest BCUT2D eigenvalue weighted by atomic mass is 16.5. The van der Waals surface area contributed by atoms with E-state index < -0.39 is 11.9 Å². The van der Waals surface area contributed by atoms with Crippen LogP contribution in [-0.2, 0) is 27.3 Å². The topological polar surface area (TPSA) is 130 Å². The van der Waals surface area contributed by atoms with Crippen molar-refractivity contribution in [1.82, 2.24) is 9.80 Å². The molecule has 192 valence electrons. The maximum Gasteiger partial charge on any atom is 0.414 e. The van der Waals surface area contributed by atoms with Crippen molar-refractivity contribution in [2.75, 3.05) is 40.9 Å². The lowest BCUT2D eigenvalue weighted by atomic mass is 9.95. The van der Waals surface area contributed by atoms with E-state index in [-0.39, 0.29) is 11.8 Å². The Morgan fingerprint density at radius 1 is 1.03 bits per heavy atom. The zero-order chi connectivity index (χ0) is 26.0. The summed E-state index contributed by atoms with van der Waals surface area (Å²) in [4.78, 5) is 35.3. The van der Waals surface area contributed by atoms with Gasteiger partial charge in [0.25, 0.3) is 0 Å². The number of piperidine rings is 1. The van der Waals surface area contributed by atoms with Crippen molar-refractivity contribution in [3.05, 3.63) is 47.4 Å². The number of methoxy groups -OCH3 is 2. The van der Waals surface area contributed by atoms with Gasteiger partial charge in [-0.1, -0.05) is 6.07 Å². The maximum atomic E-state index is 12.9. The largest absolute Gasteiger partial charge is 0.493 e. The zero-order valence-corrected chi connectivity index (χ0v) is 20.7. The van der Waals surface area contributed by atoms with Crippen molar-refractivity contribution in [1.29, 1.82) is 0 Å². The Morgan fingerprint density at radius 2 is 1.66 bits per heavy atom. The molecule has 10 heteroatoms. The molecule has 1 amide bonds. The number of likely N-dealkylation sites (N-methyl/N-ethyl adjacent to an activating group) is 1. The summed E-state index contributed by atoms with van der Waals surface area (Å²) < 4.78 is 16.3. The summed E-state index contributed by atoms with van der Waals surface area (Å²) in [6.07, 6.45) is 2.59. The quantitative estimate of drug-likeness (QED) is 0.536. The lowest BCUT2D eigenvalue weighted by Gasteiger charge is -2.32. The molecule has 2 heterocycles. The van der Waals surface area contributed by atoms with Crippen LogP contribution in [0.4, 0.5) is 0 Å². The van der Waals surface area contributed by atoms with Gasteiger partial charge < -0.3 is 29.0 Å². The fraction of sp³-hybridized carbons (Fsp3) is 0.480. The van der Waals surface area contributed by atoms with Crippen LogP contribution in [0.2, 0.25) is 0 Å². The number of rotatable bonds is 8. The predicted molar refractivity (Wildman–Crippen MR) is 128 cm³/mol. The molecule has 0 radical (unpaired) electrons. The predicted octanol–water partition coefficient (Wildman–Crippen LogP) is 2.67. The number of carbonyl (C=O) groups is 3. The molecule has 1 fully saturated rings. The number of amides is 1. The number of ether oxygens (including phenoxy) is 2. The number of hydrogen-bond donors (Lipinski definition) is 2. The van der Waals surface area contributed by atoms with Gasteiger partial charge in [0.1, 0.15) is 11.5 Å². The van der Waals surface area contributed by atoms with Crippen LogP contribution in [-0.4, -0.2) is 78.8 Å². The standard InChI is InChI=1S/C23H32N2O4.C2H2O4/c1-17-5-7-20(29-17)16-25-13-10-19(11-14-25)23(26)24(2)12-9-18-6-8-21(27-3)22(15-18)28-4;3-1(4)2(5)6/h5-8,15,19H,9-14,16H2,1-4H3;(H,3,4)(H,5,6). The fourth-order valence-electron chi connectivity index (χ4n) is 3.88. The SMILES string of the molecule is COc1ccc(CCN(C)C(=O)C2CCN(Cc3ccc(C)o3)CC2)cc1OC.O=C(O)C(=O)O. The van der Waals surface area contributed by atoms with Crippen LogP contribution < -0.4 is 9.47 Å². The number of aliphatic carboxylic acids is 2. The molecular weight excluding hydrogens is 456 g/mol. The van der Waals surface area contributed by atoms with Gasteiger partial charge in [-0.25, -0.2) is 9.59 Å². The minimum absolute atomic E-state index is 0.111. The molecule has 0 saturated carbocycles. The van der Waals surface area contributed by atoms with Crippen LogP contribution in [0.15, 0.2) is 34.7 Å². The van der Waals surface area contributed by atoms with E-state index >= 15 is 0 Å². The van der Waals surface area contributed by atoms with E-state index in [1.807, 2.05) is 49.2 Å². The molecule has 10 nitrogen and oxygen atoms in total. The Morgan fingerprint density at radius 3 is 2.17 bits per heavy atom. The van der Waals surface area contributed by atoms with Crippen LogP contribution in [0.3, 0.4) is 0 Å². The van der Waals surface area contributed by atoms with E-state index in [4.69, 9.17) is 33.7 Å². The number of carboxylic acid groups (broad SMARTS) is 2. The van der Waals surface area contributed by atoms with Crippen LogP contribution in [0.5, 0.6) is 11.5 Å². The summed E-state index contributed by atoms with van der Waals surface area (Å²) in [5, 5.41) is 14.8. The highest BCUT2D eigenvalue weighted by Gasteiger charge is 2.27. The van der Waals surface area contributed by atoms with Gasteiger partial charge in [0, 0.05) is 19.5 Å². The van der Waals surface area contributed by atoms with Gasteiger partial charge in [0.2, 0.25) is 5.91 Å². The Labute approximate surface area is 205 Å². The van der Waals surface area contributed by atoms with Crippen LogP contribution in [0.25, 0.3) is 0 Å². The van der Waals surface area contributed by atoms with Crippen molar-refractivity contribution in [2.45, 2.75) is 32.7 Å². The van der Waals surface area contributed by atoms with Crippen molar-refractivity contribution in [3.8, 4) is 11.5 Å². The first kappa shape index (κ1) is 27.7. The second-order valence-electron chi connectivity index (χ2n) is 8.37. The van der Waals surface area contributed by atoms with Crippen LogP contribution >= 0.6 is 0 Å². The van der Waals surface area contributed by atoms with Crippen molar-refractivity contribution >= 4 is 17.8 Å². The molecule has 1 aliphatic rings. The Bertz CT molecular complexity index is 983. The molecule has 0 atom stereocenters. The van der Waals surface area contributed by atoms with Crippen molar-refractivity contribution in [3.63, 3.8) is 0 Å². The normalized spacial score (nSPS) is 13.9. The molecule has 2 aromatic rings. The van der Waals surface area contributed by atoms with Gasteiger partial charge >= 0.3 is 11.9 Å². The summed E-state index contributed by atoms with van der Waals surface area (Å²) in [5.41, 5.74) is 1.13. The lowest BCUT2D eigenvalue weighted by Crippen LogP contribution is -2.41. The summed E-state index contributed by atoms with van der Waals surface area (Å²) in [6.45, 7) is 5.34. The number of aryl methyl sites for hydroxylation is 1. The number of likely N-dealkylation sites (tertiary alicyclic amines) is 1. The molecule has 1 saturated heterocycles. The molecule has 1 aromatic heterocycles. The third-order valence-corrected chi connectivity index (χ3v) is 5.86. The summed E-state index contributed by atoms with van der Waals surface area (Å²) in [7, 11) is 5.17. The minimum atomic E-state index is -1.82. The zero-order valence-electron chi connectivity index (χ0n) is 20.7. The highest BCUT2D eigenvalue weighted by molar-refractivity contribution is 6.27. The second kappa shape index (κ2) is 13.4. The van der Waals surface area contributed by atoms with Crippen LogP contribution in [0, 0.1) is 12.8 Å². The van der Waals surface area contributed by atoms with Gasteiger partial charge in [0.15, 0.2) is 11.5 Å². The van der Waals surface area contributed by atoms with E-state index in [0.717, 1.165) is 67.5 Å². The third-order valence-electron chi connectivity index (χ3n) is 5.86. The first-order chi connectivity index (χ1) is 16.6. The molecule has 0 aliphatic carbocycles. The molecule has 35 heavy (non-hydrogen) atoms. The van der Waals surface area contributed by atoms with E-state index in [1.54, 1.807) is 14.2 Å². The molecular formula is C25H34N2O8. The third kappa shape index (κ3) is 8.64. The summed E-state index contributed by atoms with van der Waals surface area (Å²) >= 11 is 0. The van der Waals surface area contributed by atoms with Gasteiger partial charge in [-0.2, -0.15) is 0 Å². The number of benzene rings is 1. The fourth-order valence-corrected chi connectivity index (χ4v) is 3.88. The Kier molecular flexibility index (Phi) is 10.6. The van der Waals surface area contributed by atoms with Gasteiger partial charge in [-0.05, 0) is 69.1 Å². The number of carbonyl (C=O) groups excluding carboxylic acids is 1. The van der Waals surface area contributed by atoms with Gasteiger partial charge in [-0.15, -0.1) is 0 Å². The highest BCUT2D eigenvalue weighted by Crippen LogP contribution is 2.28. The lowest BCUT2D eigenvalue weighted by molar-refractivity contribution is -0.159. The van der Waals surface area contributed by atoms with E-state index in [0.29, 0.717) is 6.54 Å². The average molecular weight is 491 g/mol. The number of carboxylic acids is 2. The first-order valence-electron chi connectivity index (χ1n) is 11.3. The number of hydrogen-bond acceptors (Lipinski definition) is 7. The molecule has 1 aromatic carbocycles. The van der Waals surface area contributed by atoms with E-state index in [9.17, 15) is 4.79 Å². The van der Waals surface area contributed by atoms with E-state index in [2.05, 4.69) is 4.90 Å². The molecule has 0 unspecified atom stereocenters. The van der Waals surface area contributed by atoms with Gasteiger partial charge in [0.05, 0.1) is 20.8 Å². The molecule has 2 N–H and O–H groups in total. The smallest absolute Gasteiger partial charge is 0.414 e. The van der Waals surface area contributed by atoms with E-state index in [1.165, 1.54) is 0 Å². The molecule has 3 rings (SSSR count). The van der Waals surface area contributed by atoms with Crippen molar-refractivity contribution in [2.24, 2.45) is 5.92 Å². The molecule has 0 spiro atoms. The van der Waals surface area contributed by atoms with Gasteiger partial charge in [-0.3, -0.25) is 9.69 Å². The Hall–Kier alpha value is -3.53. The summed E-state index contributed by atoms with van der Waals surface area (Å²) in [6, 6.07) is 9.94. The van der Waals surface area contributed by atoms with Crippen LogP contribution in [0.1, 0.15) is 29.9 Å². The second-order valence-corrected chi connectivity index (χ2v) is 8.37. The number of nitrogens with zero attached hydrogens (tertiary/aromatic N) is 2. The first-order valence-corrected chi connectivity index (χ1v) is 11.3. The number of furan rings is 1. The van der Waals surface area contributed by atoms with Crippen molar-refractivity contribution < 1.29 is 38.5 Å². The molecule has 1 aliphatic heterocycles. The minimum Gasteiger partial charge on any atom is -0.493 e. The Balaban J connectivity index is 0.000000641. The summed E-state index contributed by atoms with van der Waals surface area (Å²) in [5.74, 6) is 0.0969.